The minimum Gasteiger partial charge on any atom is -0.333 e. The summed E-state index contributed by atoms with van der Waals surface area (Å²) in [5.41, 5.74) is 0.629. The number of rotatable bonds is 3. The van der Waals surface area contributed by atoms with Crippen LogP contribution in [0.1, 0.15) is 12.8 Å². The summed E-state index contributed by atoms with van der Waals surface area (Å²) < 4.78 is 0.713. The SMILES string of the molecule is O=C(CN1CCCC1=O)Nc1ccc(Br)nc1. The van der Waals surface area contributed by atoms with E-state index < -0.39 is 0 Å². The van der Waals surface area contributed by atoms with Gasteiger partial charge in [-0.2, -0.15) is 0 Å². The fourth-order valence-corrected chi connectivity index (χ4v) is 1.93. The maximum Gasteiger partial charge on any atom is 0.244 e. The van der Waals surface area contributed by atoms with Gasteiger partial charge in [-0.05, 0) is 34.5 Å². The molecule has 5 nitrogen and oxygen atoms in total. The van der Waals surface area contributed by atoms with E-state index in [1.165, 1.54) is 0 Å². The third-order valence-electron chi connectivity index (χ3n) is 2.52. The lowest BCUT2D eigenvalue weighted by molar-refractivity contribution is -0.131. The van der Waals surface area contributed by atoms with Crippen molar-refractivity contribution in [3.05, 3.63) is 22.9 Å². The highest BCUT2D eigenvalue weighted by atomic mass is 79.9. The summed E-state index contributed by atoms with van der Waals surface area (Å²) in [5, 5.41) is 2.70. The van der Waals surface area contributed by atoms with Crippen molar-refractivity contribution in [1.29, 1.82) is 0 Å². The molecule has 0 bridgehead atoms. The van der Waals surface area contributed by atoms with E-state index in [2.05, 4.69) is 26.2 Å². The molecule has 2 heterocycles. The molecule has 1 saturated heterocycles. The number of hydrogen-bond acceptors (Lipinski definition) is 3. The summed E-state index contributed by atoms with van der Waals surface area (Å²) in [6, 6.07) is 3.50. The molecule has 90 valence electrons. The standard InChI is InChI=1S/C11H12BrN3O2/c12-9-4-3-8(6-13-9)14-10(16)7-15-5-1-2-11(15)17/h3-4,6H,1-2,5,7H2,(H,14,16). The van der Waals surface area contributed by atoms with Gasteiger partial charge in [-0.1, -0.05) is 0 Å². The van der Waals surface area contributed by atoms with Crippen LogP contribution in [0.25, 0.3) is 0 Å². The first kappa shape index (κ1) is 12.0. The van der Waals surface area contributed by atoms with Crippen molar-refractivity contribution in [1.82, 2.24) is 9.88 Å². The molecule has 0 saturated carbocycles. The van der Waals surface area contributed by atoms with Gasteiger partial charge in [0, 0.05) is 13.0 Å². The van der Waals surface area contributed by atoms with Crippen LogP contribution in [0.2, 0.25) is 0 Å². The predicted molar refractivity (Wildman–Crippen MR) is 66.4 cm³/mol. The highest BCUT2D eigenvalue weighted by molar-refractivity contribution is 9.10. The summed E-state index contributed by atoms with van der Waals surface area (Å²) in [4.78, 5) is 28.6. The summed E-state index contributed by atoms with van der Waals surface area (Å²) in [7, 11) is 0. The second-order valence-corrected chi connectivity index (χ2v) is 4.65. The molecule has 6 heteroatoms. The normalized spacial score (nSPS) is 15.1. The van der Waals surface area contributed by atoms with Crippen LogP contribution in [0.4, 0.5) is 5.69 Å². The topological polar surface area (TPSA) is 62.3 Å². The first-order valence-corrected chi connectivity index (χ1v) is 6.13. The van der Waals surface area contributed by atoms with Gasteiger partial charge in [0.15, 0.2) is 0 Å². The van der Waals surface area contributed by atoms with Gasteiger partial charge in [-0.25, -0.2) is 4.98 Å². The number of nitrogens with one attached hydrogen (secondary N) is 1. The highest BCUT2D eigenvalue weighted by Gasteiger charge is 2.22. The lowest BCUT2D eigenvalue weighted by Gasteiger charge is -2.14. The summed E-state index contributed by atoms with van der Waals surface area (Å²) >= 11 is 3.21. The molecule has 0 atom stereocenters. The largest absolute Gasteiger partial charge is 0.333 e. The fourth-order valence-electron chi connectivity index (χ4n) is 1.69. The van der Waals surface area contributed by atoms with E-state index in [0.717, 1.165) is 6.42 Å². The molecule has 17 heavy (non-hydrogen) atoms. The van der Waals surface area contributed by atoms with Crippen LogP contribution in [0.5, 0.6) is 0 Å². The van der Waals surface area contributed by atoms with Gasteiger partial charge in [0.05, 0.1) is 18.4 Å². The zero-order valence-corrected chi connectivity index (χ0v) is 10.7. The van der Waals surface area contributed by atoms with Crippen molar-refractivity contribution in [2.45, 2.75) is 12.8 Å². The quantitative estimate of drug-likeness (QED) is 0.858. The maximum atomic E-state index is 11.7. The van der Waals surface area contributed by atoms with Gasteiger partial charge in [0.1, 0.15) is 4.60 Å². The van der Waals surface area contributed by atoms with Crippen molar-refractivity contribution in [2.75, 3.05) is 18.4 Å². The van der Waals surface area contributed by atoms with E-state index >= 15 is 0 Å². The number of carbonyl (C=O) groups is 2. The van der Waals surface area contributed by atoms with Gasteiger partial charge in [0.25, 0.3) is 0 Å². The Labute approximate surface area is 107 Å². The third-order valence-corrected chi connectivity index (χ3v) is 2.99. The van der Waals surface area contributed by atoms with Crippen LogP contribution in [-0.4, -0.2) is 34.8 Å². The summed E-state index contributed by atoms with van der Waals surface area (Å²) in [6.07, 6.45) is 2.95. The van der Waals surface area contributed by atoms with Crippen LogP contribution in [-0.2, 0) is 9.59 Å². The Morgan fingerprint density at radius 3 is 2.94 bits per heavy atom. The smallest absolute Gasteiger partial charge is 0.244 e. The number of pyridine rings is 1. The Kier molecular flexibility index (Phi) is 3.73. The second kappa shape index (κ2) is 5.27. The molecule has 0 spiro atoms. The van der Waals surface area contributed by atoms with Gasteiger partial charge < -0.3 is 10.2 Å². The molecule has 0 aliphatic carbocycles. The Balaban J connectivity index is 1.88. The third kappa shape index (κ3) is 3.26. The van der Waals surface area contributed by atoms with E-state index in [4.69, 9.17) is 0 Å². The number of nitrogens with zero attached hydrogens (tertiary/aromatic N) is 2. The molecule has 1 N–H and O–H groups in total. The van der Waals surface area contributed by atoms with Gasteiger partial charge >= 0.3 is 0 Å². The Morgan fingerprint density at radius 2 is 2.35 bits per heavy atom. The van der Waals surface area contributed by atoms with E-state index in [9.17, 15) is 9.59 Å². The fraction of sp³-hybridized carbons (Fsp3) is 0.364. The lowest BCUT2D eigenvalue weighted by Crippen LogP contribution is -2.33. The van der Waals surface area contributed by atoms with Crippen LogP contribution < -0.4 is 5.32 Å². The van der Waals surface area contributed by atoms with Gasteiger partial charge in [-0.3, -0.25) is 9.59 Å². The second-order valence-electron chi connectivity index (χ2n) is 3.84. The predicted octanol–water partition coefficient (Wildman–Crippen LogP) is 1.40. The molecule has 0 radical (unpaired) electrons. The van der Waals surface area contributed by atoms with E-state index in [-0.39, 0.29) is 18.4 Å². The maximum absolute atomic E-state index is 11.7. The van der Waals surface area contributed by atoms with Crippen LogP contribution in [0.3, 0.4) is 0 Å². The van der Waals surface area contributed by atoms with E-state index in [1.54, 1.807) is 23.2 Å². The Bertz CT molecular complexity index is 433. The van der Waals surface area contributed by atoms with Crippen molar-refractivity contribution in [3.63, 3.8) is 0 Å². The van der Waals surface area contributed by atoms with Gasteiger partial charge in [-0.15, -0.1) is 0 Å². The number of aromatic nitrogens is 1. The monoisotopic (exact) mass is 297 g/mol. The Morgan fingerprint density at radius 1 is 1.53 bits per heavy atom. The van der Waals surface area contributed by atoms with Crippen molar-refractivity contribution < 1.29 is 9.59 Å². The van der Waals surface area contributed by atoms with Crippen molar-refractivity contribution in [3.8, 4) is 0 Å². The number of anilines is 1. The molecule has 0 aromatic carbocycles. The van der Waals surface area contributed by atoms with Gasteiger partial charge in [0.2, 0.25) is 11.8 Å². The van der Waals surface area contributed by atoms with E-state index in [1.807, 2.05) is 0 Å². The molecule has 1 aliphatic heterocycles. The Hall–Kier alpha value is -1.43. The average molecular weight is 298 g/mol. The molecular formula is C11H12BrN3O2. The molecule has 2 amide bonds. The molecule has 2 rings (SSSR count). The van der Waals surface area contributed by atoms with Crippen molar-refractivity contribution in [2.24, 2.45) is 0 Å². The number of hydrogen-bond donors (Lipinski definition) is 1. The average Bonchev–Trinajstić information content (AvgIpc) is 2.68. The summed E-state index contributed by atoms with van der Waals surface area (Å²) in [6.45, 7) is 0.791. The number of likely N-dealkylation sites (tertiary alicyclic amines) is 1. The first-order valence-electron chi connectivity index (χ1n) is 5.34. The highest BCUT2D eigenvalue weighted by Crippen LogP contribution is 2.12. The molecule has 1 fully saturated rings. The lowest BCUT2D eigenvalue weighted by atomic mass is 10.4. The molecule has 1 aliphatic rings. The molecule has 1 aromatic rings. The van der Waals surface area contributed by atoms with E-state index in [0.29, 0.717) is 23.3 Å². The zero-order chi connectivity index (χ0) is 12.3. The minimum atomic E-state index is -0.190. The molecular weight excluding hydrogens is 286 g/mol. The first-order chi connectivity index (χ1) is 8.15. The van der Waals surface area contributed by atoms with Crippen LogP contribution >= 0.6 is 15.9 Å². The number of carbonyl (C=O) groups excluding carboxylic acids is 2. The van der Waals surface area contributed by atoms with Crippen LogP contribution in [0.15, 0.2) is 22.9 Å². The molecule has 1 aromatic heterocycles. The minimum absolute atomic E-state index is 0.0501. The van der Waals surface area contributed by atoms with Crippen molar-refractivity contribution >= 4 is 33.4 Å². The zero-order valence-electron chi connectivity index (χ0n) is 9.15. The summed E-state index contributed by atoms with van der Waals surface area (Å²) in [5.74, 6) is -0.140. The number of halogens is 1. The molecule has 0 unspecified atom stereocenters. The van der Waals surface area contributed by atoms with Crippen LogP contribution in [0, 0.1) is 0 Å². The number of amides is 2.